The van der Waals surface area contributed by atoms with Crippen molar-refractivity contribution in [2.24, 2.45) is 0 Å². The van der Waals surface area contributed by atoms with Crippen molar-refractivity contribution in [3.63, 3.8) is 0 Å². The molecule has 0 unspecified atom stereocenters. The summed E-state index contributed by atoms with van der Waals surface area (Å²) in [5.74, 6) is -1.27. The second-order valence-electron chi connectivity index (χ2n) is 6.85. The smallest absolute Gasteiger partial charge is 0.254 e. The first-order chi connectivity index (χ1) is 13.0. The van der Waals surface area contributed by atoms with Crippen molar-refractivity contribution in [1.29, 1.82) is 0 Å². The Balaban J connectivity index is 1.70. The molecule has 1 saturated heterocycles. The molecule has 0 atom stereocenters. The minimum atomic E-state index is -0.391. The van der Waals surface area contributed by atoms with Gasteiger partial charge in [0.1, 0.15) is 5.75 Å². The summed E-state index contributed by atoms with van der Waals surface area (Å²) in [5.41, 5.74) is 0.912. The first kappa shape index (κ1) is 17.8. The van der Waals surface area contributed by atoms with E-state index in [0.717, 1.165) is 12.8 Å². The number of amides is 1. The summed E-state index contributed by atoms with van der Waals surface area (Å²) >= 11 is 1.81. The Hall–Kier alpha value is -2.60. The van der Waals surface area contributed by atoms with Gasteiger partial charge in [0.15, 0.2) is 11.6 Å². The van der Waals surface area contributed by atoms with Gasteiger partial charge in [-0.3, -0.25) is 14.4 Å². The Labute approximate surface area is 161 Å². The molecule has 2 aromatic rings. The zero-order valence-electron chi connectivity index (χ0n) is 14.9. The van der Waals surface area contributed by atoms with E-state index in [4.69, 9.17) is 0 Å². The van der Waals surface area contributed by atoms with Crippen LogP contribution in [0.3, 0.4) is 0 Å². The van der Waals surface area contributed by atoms with Crippen molar-refractivity contribution in [3.8, 4) is 5.75 Å². The van der Waals surface area contributed by atoms with Crippen molar-refractivity contribution in [1.82, 2.24) is 4.90 Å². The number of benzene rings is 2. The van der Waals surface area contributed by atoms with Crippen LogP contribution in [0.5, 0.6) is 5.75 Å². The van der Waals surface area contributed by atoms with Gasteiger partial charge in [0.2, 0.25) is 0 Å². The molecular weight excluding hydrogens is 362 g/mol. The monoisotopic (exact) mass is 381 g/mol. The molecule has 0 bridgehead atoms. The lowest BCUT2D eigenvalue weighted by Gasteiger charge is -2.31. The number of likely N-dealkylation sites (tertiary alicyclic amines) is 1. The second kappa shape index (κ2) is 6.85. The summed E-state index contributed by atoms with van der Waals surface area (Å²) in [5, 5.41) is 11.0. The summed E-state index contributed by atoms with van der Waals surface area (Å²) in [6.45, 7) is 1.30. The maximum Gasteiger partial charge on any atom is 0.254 e. The van der Waals surface area contributed by atoms with Gasteiger partial charge in [-0.25, -0.2) is 0 Å². The molecular formula is C21H19NO4S. The molecule has 0 radical (unpaired) electrons. The lowest BCUT2D eigenvalue weighted by atomic mass is 9.82. The number of carbonyl (C=O) groups excluding carboxylic acids is 3. The molecule has 138 valence electrons. The fourth-order valence-electron chi connectivity index (χ4n) is 3.80. The molecule has 4 rings (SSSR count). The van der Waals surface area contributed by atoms with E-state index in [0.29, 0.717) is 23.9 Å². The molecule has 1 aliphatic carbocycles. The Kier molecular flexibility index (Phi) is 4.52. The van der Waals surface area contributed by atoms with E-state index >= 15 is 0 Å². The van der Waals surface area contributed by atoms with Gasteiger partial charge in [-0.05, 0) is 31.2 Å². The molecule has 1 aliphatic heterocycles. The van der Waals surface area contributed by atoms with Crippen LogP contribution >= 0.6 is 11.8 Å². The van der Waals surface area contributed by atoms with Crippen LogP contribution in [0.25, 0.3) is 0 Å². The first-order valence-corrected chi connectivity index (χ1v) is 10.2. The average molecular weight is 381 g/mol. The first-order valence-electron chi connectivity index (χ1n) is 8.88. The number of ketones is 2. The third-order valence-electron chi connectivity index (χ3n) is 5.32. The third-order valence-corrected chi connectivity index (χ3v) is 6.45. The molecule has 1 amide bonds. The molecule has 2 aromatic carbocycles. The molecule has 27 heavy (non-hydrogen) atoms. The van der Waals surface area contributed by atoms with Gasteiger partial charge >= 0.3 is 0 Å². The highest BCUT2D eigenvalue weighted by atomic mass is 32.2. The van der Waals surface area contributed by atoms with Gasteiger partial charge in [0.05, 0.1) is 5.56 Å². The van der Waals surface area contributed by atoms with Crippen molar-refractivity contribution >= 4 is 29.2 Å². The van der Waals surface area contributed by atoms with Crippen LogP contribution in [0.15, 0.2) is 36.4 Å². The number of hydrogen-bond donors (Lipinski definition) is 1. The fourth-order valence-corrected chi connectivity index (χ4v) is 4.49. The lowest BCUT2D eigenvalue weighted by molar-refractivity contribution is 0.0726. The number of carbonyl (C=O) groups is 3. The standard InChI is InChI=1S/C21H19NO4S/c1-27-13-6-8-22(9-7-13)21(26)12-10-16-18(17(23)11-12)20(25)15-5-3-2-4-14(15)19(16)24/h2-5,10-11,13,23H,6-9H2,1H3. The zero-order chi connectivity index (χ0) is 19.1. The van der Waals surface area contributed by atoms with Gasteiger partial charge in [-0.15, -0.1) is 0 Å². The Morgan fingerprint density at radius 2 is 1.67 bits per heavy atom. The van der Waals surface area contributed by atoms with Crippen LogP contribution < -0.4 is 0 Å². The summed E-state index contributed by atoms with van der Waals surface area (Å²) in [6, 6.07) is 9.31. The minimum absolute atomic E-state index is 0.0173. The highest BCUT2D eigenvalue weighted by molar-refractivity contribution is 7.99. The highest BCUT2D eigenvalue weighted by Crippen LogP contribution is 2.34. The number of nitrogens with zero attached hydrogens (tertiary/aromatic N) is 1. The molecule has 0 saturated carbocycles. The predicted octanol–water partition coefficient (Wildman–Crippen LogP) is 3.14. The maximum atomic E-state index is 12.9. The topological polar surface area (TPSA) is 74.7 Å². The van der Waals surface area contributed by atoms with E-state index in [1.54, 1.807) is 29.2 Å². The van der Waals surface area contributed by atoms with Crippen molar-refractivity contribution in [3.05, 3.63) is 64.2 Å². The number of hydrogen-bond acceptors (Lipinski definition) is 5. The minimum Gasteiger partial charge on any atom is -0.507 e. The van der Waals surface area contributed by atoms with E-state index in [2.05, 4.69) is 6.26 Å². The number of aromatic hydroxyl groups is 1. The predicted molar refractivity (Wildman–Crippen MR) is 104 cm³/mol. The van der Waals surface area contributed by atoms with E-state index < -0.39 is 5.78 Å². The Morgan fingerprint density at radius 1 is 1.04 bits per heavy atom. The van der Waals surface area contributed by atoms with E-state index in [-0.39, 0.29) is 39.7 Å². The van der Waals surface area contributed by atoms with Crippen LogP contribution in [-0.2, 0) is 0 Å². The normalized spacial score (nSPS) is 16.9. The zero-order valence-corrected chi connectivity index (χ0v) is 15.7. The second-order valence-corrected chi connectivity index (χ2v) is 7.99. The number of piperidine rings is 1. The number of rotatable bonds is 2. The van der Waals surface area contributed by atoms with Gasteiger partial charge in [0.25, 0.3) is 5.91 Å². The molecule has 2 aliphatic rings. The van der Waals surface area contributed by atoms with E-state index in [1.807, 2.05) is 11.8 Å². The quantitative estimate of drug-likeness (QED) is 0.738. The van der Waals surface area contributed by atoms with Gasteiger partial charge in [0, 0.05) is 40.6 Å². The molecule has 0 spiro atoms. The van der Waals surface area contributed by atoms with Gasteiger partial charge < -0.3 is 10.0 Å². The van der Waals surface area contributed by atoms with Crippen LogP contribution in [0.2, 0.25) is 0 Å². The number of phenols is 1. The average Bonchev–Trinajstić information content (AvgIpc) is 2.71. The van der Waals surface area contributed by atoms with Gasteiger partial charge in [-0.1, -0.05) is 24.3 Å². The summed E-state index contributed by atoms with van der Waals surface area (Å²) < 4.78 is 0. The van der Waals surface area contributed by atoms with Crippen LogP contribution in [0, 0.1) is 0 Å². The summed E-state index contributed by atoms with van der Waals surface area (Å²) in [7, 11) is 0. The van der Waals surface area contributed by atoms with Gasteiger partial charge in [-0.2, -0.15) is 11.8 Å². The number of fused-ring (bicyclic) bond motifs is 2. The summed E-state index contributed by atoms with van der Waals surface area (Å²) in [6.07, 6.45) is 3.92. The molecule has 0 aromatic heterocycles. The Morgan fingerprint density at radius 3 is 2.30 bits per heavy atom. The molecule has 1 fully saturated rings. The maximum absolute atomic E-state index is 12.9. The van der Waals surface area contributed by atoms with Crippen LogP contribution in [0.1, 0.15) is 55.0 Å². The Bertz CT molecular complexity index is 961. The highest BCUT2D eigenvalue weighted by Gasteiger charge is 2.33. The third kappa shape index (κ3) is 2.94. The van der Waals surface area contributed by atoms with Crippen LogP contribution in [0.4, 0.5) is 0 Å². The molecule has 5 nitrogen and oxygen atoms in total. The molecule has 1 N–H and O–H groups in total. The SMILES string of the molecule is CSC1CCN(C(=O)c2cc(O)c3c(c2)C(=O)c2ccccc2C3=O)CC1. The fraction of sp³-hybridized carbons (Fsp3) is 0.286. The summed E-state index contributed by atoms with van der Waals surface area (Å²) in [4.78, 5) is 40.2. The van der Waals surface area contributed by atoms with Crippen LogP contribution in [-0.4, -0.2) is 52.1 Å². The van der Waals surface area contributed by atoms with Crippen molar-refractivity contribution in [2.75, 3.05) is 19.3 Å². The number of thioether (sulfide) groups is 1. The largest absolute Gasteiger partial charge is 0.507 e. The number of phenolic OH excluding ortho intramolecular Hbond substituents is 1. The molecule has 6 heteroatoms. The lowest BCUT2D eigenvalue weighted by Crippen LogP contribution is -2.39. The van der Waals surface area contributed by atoms with E-state index in [9.17, 15) is 19.5 Å². The van der Waals surface area contributed by atoms with Crippen molar-refractivity contribution < 1.29 is 19.5 Å². The van der Waals surface area contributed by atoms with Crippen molar-refractivity contribution in [2.45, 2.75) is 18.1 Å². The molecule has 1 heterocycles. The van der Waals surface area contributed by atoms with E-state index in [1.165, 1.54) is 12.1 Å².